The first-order valence-electron chi connectivity index (χ1n) is 6.35. The van der Waals surface area contributed by atoms with Crippen LogP contribution in [0.5, 0.6) is 0 Å². The Morgan fingerprint density at radius 1 is 1.33 bits per heavy atom. The van der Waals surface area contributed by atoms with Crippen LogP contribution in [0.1, 0.15) is 42.5 Å². The van der Waals surface area contributed by atoms with E-state index in [1.807, 2.05) is 0 Å². The van der Waals surface area contributed by atoms with Gasteiger partial charge in [0.2, 0.25) is 5.56 Å². The summed E-state index contributed by atoms with van der Waals surface area (Å²) in [5.41, 5.74) is 6.21. The van der Waals surface area contributed by atoms with Crippen molar-refractivity contribution < 1.29 is 4.79 Å². The smallest absolute Gasteiger partial charge is 0.252 e. The van der Waals surface area contributed by atoms with Crippen LogP contribution >= 0.6 is 0 Å². The van der Waals surface area contributed by atoms with Gasteiger partial charge in [-0.05, 0) is 18.9 Å². The summed E-state index contributed by atoms with van der Waals surface area (Å²) < 4.78 is 0. The molecule has 1 aliphatic carbocycles. The highest BCUT2D eigenvalue weighted by molar-refractivity contribution is 5.93. The largest absolute Gasteiger partial charge is 0.350 e. The quantitative estimate of drug-likeness (QED) is 0.739. The molecule has 1 saturated carbocycles. The number of hydrogen-bond donors (Lipinski definition) is 3. The monoisotopic (exact) mass is 249 g/mol. The highest BCUT2D eigenvalue weighted by Crippen LogP contribution is 2.25. The number of nitrogens with one attached hydrogen (secondary N) is 2. The fraction of sp³-hybridized carbons (Fsp3) is 0.538. The molecule has 0 spiro atoms. The Morgan fingerprint density at radius 2 is 2.06 bits per heavy atom. The maximum Gasteiger partial charge on any atom is 0.252 e. The van der Waals surface area contributed by atoms with Crippen LogP contribution in [0.25, 0.3) is 0 Å². The van der Waals surface area contributed by atoms with E-state index in [-0.39, 0.29) is 17.0 Å². The SMILES string of the molecule is NC1(CNC(=O)c2ccc(=O)[nH]c2)CCCCC1. The van der Waals surface area contributed by atoms with E-state index < -0.39 is 0 Å². The van der Waals surface area contributed by atoms with E-state index in [0.29, 0.717) is 12.1 Å². The lowest BCUT2D eigenvalue weighted by Crippen LogP contribution is -2.51. The third-order valence-corrected chi connectivity index (χ3v) is 3.50. The lowest BCUT2D eigenvalue weighted by atomic mass is 9.82. The van der Waals surface area contributed by atoms with Crippen LogP contribution in [0, 0.1) is 0 Å². The first-order chi connectivity index (χ1) is 8.59. The third-order valence-electron chi connectivity index (χ3n) is 3.50. The minimum absolute atomic E-state index is 0.193. The summed E-state index contributed by atoms with van der Waals surface area (Å²) in [5.74, 6) is -0.193. The molecule has 1 fully saturated rings. The van der Waals surface area contributed by atoms with E-state index in [1.54, 1.807) is 0 Å². The van der Waals surface area contributed by atoms with Gasteiger partial charge in [0.05, 0.1) is 5.56 Å². The van der Waals surface area contributed by atoms with Gasteiger partial charge in [-0.1, -0.05) is 19.3 Å². The van der Waals surface area contributed by atoms with Crippen LogP contribution in [0.2, 0.25) is 0 Å². The van der Waals surface area contributed by atoms with Crippen molar-refractivity contribution in [1.82, 2.24) is 10.3 Å². The Balaban J connectivity index is 1.91. The fourth-order valence-electron chi connectivity index (χ4n) is 2.34. The van der Waals surface area contributed by atoms with Crippen LogP contribution in [0.15, 0.2) is 23.1 Å². The maximum absolute atomic E-state index is 11.9. The van der Waals surface area contributed by atoms with E-state index in [2.05, 4.69) is 10.3 Å². The Labute approximate surface area is 106 Å². The van der Waals surface area contributed by atoms with Gasteiger partial charge in [0.1, 0.15) is 0 Å². The lowest BCUT2D eigenvalue weighted by molar-refractivity contribution is 0.0937. The molecule has 0 aromatic carbocycles. The van der Waals surface area contributed by atoms with Crippen molar-refractivity contribution in [3.05, 3.63) is 34.2 Å². The number of aromatic nitrogens is 1. The van der Waals surface area contributed by atoms with Crippen molar-refractivity contribution in [3.63, 3.8) is 0 Å². The molecule has 18 heavy (non-hydrogen) atoms. The number of nitrogens with two attached hydrogens (primary N) is 1. The molecule has 0 unspecified atom stereocenters. The molecule has 1 heterocycles. The highest BCUT2D eigenvalue weighted by atomic mass is 16.1. The van der Waals surface area contributed by atoms with E-state index in [9.17, 15) is 9.59 Å². The molecule has 1 aromatic heterocycles. The predicted molar refractivity (Wildman–Crippen MR) is 69.4 cm³/mol. The van der Waals surface area contributed by atoms with Gasteiger partial charge in [-0.3, -0.25) is 9.59 Å². The first kappa shape index (κ1) is 12.8. The van der Waals surface area contributed by atoms with Gasteiger partial charge < -0.3 is 16.0 Å². The third kappa shape index (κ3) is 3.20. The van der Waals surface area contributed by atoms with E-state index in [4.69, 9.17) is 5.73 Å². The number of pyridine rings is 1. The molecule has 5 heteroatoms. The van der Waals surface area contributed by atoms with Gasteiger partial charge in [0.15, 0.2) is 0 Å². The van der Waals surface area contributed by atoms with Crippen molar-refractivity contribution >= 4 is 5.91 Å². The summed E-state index contributed by atoms with van der Waals surface area (Å²) >= 11 is 0. The number of amides is 1. The van der Waals surface area contributed by atoms with Crippen molar-refractivity contribution in [2.75, 3.05) is 6.54 Å². The first-order valence-corrected chi connectivity index (χ1v) is 6.35. The van der Waals surface area contributed by atoms with Gasteiger partial charge in [-0.2, -0.15) is 0 Å². The minimum atomic E-state index is -0.268. The van der Waals surface area contributed by atoms with Gasteiger partial charge in [0.25, 0.3) is 5.91 Å². The van der Waals surface area contributed by atoms with Crippen molar-refractivity contribution in [3.8, 4) is 0 Å². The van der Waals surface area contributed by atoms with Crippen molar-refractivity contribution in [1.29, 1.82) is 0 Å². The number of rotatable bonds is 3. The second kappa shape index (κ2) is 5.35. The molecule has 5 nitrogen and oxygen atoms in total. The second-order valence-electron chi connectivity index (χ2n) is 5.05. The lowest BCUT2D eigenvalue weighted by Gasteiger charge is -2.33. The van der Waals surface area contributed by atoms with E-state index >= 15 is 0 Å². The second-order valence-corrected chi connectivity index (χ2v) is 5.05. The highest BCUT2D eigenvalue weighted by Gasteiger charge is 2.27. The Morgan fingerprint density at radius 3 is 2.67 bits per heavy atom. The molecule has 0 atom stereocenters. The molecule has 4 N–H and O–H groups in total. The number of carbonyl (C=O) groups excluding carboxylic acids is 1. The average molecular weight is 249 g/mol. The summed E-state index contributed by atoms with van der Waals surface area (Å²) in [6.45, 7) is 0.491. The molecular formula is C13H19N3O2. The molecule has 0 radical (unpaired) electrons. The van der Waals surface area contributed by atoms with Gasteiger partial charge in [-0.15, -0.1) is 0 Å². The van der Waals surface area contributed by atoms with Gasteiger partial charge in [0, 0.05) is 24.3 Å². The topological polar surface area (TPSA) is 88.0 Å². The molecule has 98 valence electrons. The van der Waals surface area contributed by atoms with Crippen LogP contribution in [0.4, 0.5) is 0 Å². The number of aromatic amines is 1. The van der Waals surface area contributed by atoms with Crippen LogP contribution in [-0.2, 0) is 0 Å². The van der Waals surface area contributed by atoms with Crippen molar-refractivity contribution in [2.45, 2.75) is 37.6 Å². The standard InChI is InChI=1S/C13H19N3O2/c14-13(6-2-1-3-7-13)9-16-12(18)10-4-5-11(17)15-8-10/h4-5,8H,1-3,6-7,9,14H2,(H,15,17)(H,16,18). The van der Waals surface area contributed by atoms with Gasteiger partial charge >= 0.3 is 0 Å². The number of carbonyl (C=O) groups is 1. The normalized spacial score (nSPS) is 18.3. The Bertz CT molecular complexity index is 455. The zero-order valence-corrected chi connectivity index (χ0v) is 10.4. The van der Waals surface area contributed by atoms with Gasteiger partial charge in [-0.25, -0.2) is 0 Å². The molecule has 1 aromatic rings. The zero-order valence-electron chi connectivity index (χ0n) is 10.4. The van der Waals surface area contributed by atoms with Crippen LogP contribution < -0.4 is 16.6 Å². The van der Waals surface area contributed by atoms with E-state index in [0.717, 1.165) is 25.7 Å². The van der Waals surface area contributed by atoms with Crippen molar-refractivity contribution in [2.24, 2.45) is 5.73 Å². The summed E-state index contributed by atoms with van der Waals surface area (Å²) in [5, 5.41) is 2.84. The molecule has 0 bridgehead atoms. The average Bonchev–Trinajstić information content (AvgIpc) is 2.38. The molecule has 2 rings (SSSR count). The summed E-state index contributed by atoms with van der Waals surface area (Å²) in [7, 11) is 0. The van der Waals surface area contributed by atoms with E-state index in [1.165, 1.54) is 24.8 Å². The summed E-state index contributed by atoms with van der Waals surface area (Å²) in [6, 6.07) is 2.85. The summed E-state index contributed by atoms with van der Waals surface area (Å²) in [4.78, 5) is 25.2. The molecular weight excluding hydrogens is 230 g/mol. The molecule has 0 aliphatic heterocycles. The van der Waals surface area contributed by atoms with Crippen LogP contribution in [0.3, 0.4) is 0 Å². The fourth-order valence-corrected chi connectivity index (χ4v) is 2.34. The maximum atomic E-state index is 11.9. The Kier molecular flexibility index (Phi) is 3.81. The minimum Gasteiger partial charge on any atom is -0.350 e. The predicted octanol–water partition coefficient (Wildman–Crippen LogP) is 0.766. The zero-order chi connectivity index (χ0) is 13.0. The molecule has 1 aliphatic rings. The molecule has 1 amide bonds. The number of H-pyrrole nitrogens is 1. The Hall–Kier alpha value is -1.62. The molecule has 0 saturated heterocycles. The summed E-state index contributed by atoms with van der Waals surface area (Å²) in [6.07, 6.45) is 6.82. The number of hydrogen-bond acceptors (Lipinski definition) is 3. The van der Waals surface area contributed by atoms with Crippen LogP contribution in [-0.4, -0.2) is 23.0 Å².